The summed E-state index contributed by atoms with van der Waals surface area (Å²) in [5, 5.41) is 30.9. The van der Waals surface area contributed by atoms with Gasteiger partial charge in [-0.15, -0.1) is 12.4 Å². The number of aryl methyl sites for hydroxylation is 2. The van der Waals surface area contributed by atoms with Crippen molar-refractivity contribution in [2.24, 2.45) is 0 Å². The van der Waals surface area contributed by atoms with Crippen LogP contribution in [0.15, 0.2) is 122 Å². The molecule has 4 heterocycles. The van der Waals surface area contributed by atoms with Gasteiger partial charge in [-0.2, -0.15) is 10.5 Å². The van der Waals surface area contributed by atoms with Crippen molar-refractivity contribution in [3.05, 3.63) is 166 Å². The van der Waals surface area contributed by atoms with E-state index >= 15 is 0 Å². The van der Waals surface area contributed by atoms with Crippen LogP contribution in [0.1, 0.15) is 40.6 Å². The van der Waals surface area contributed by atoms with Gasteiger partial charge >= 0.3 is 0 Å². The van der Waals surface area contributed by atoms with E-state index in [1.807, 2.05) is 86.6 Å². The average molecular weight is 910 g/mol. The first kappa shape index (κ1) is 45.8. The number of benzene rings is 4. The molecule has 8 aromatic rings. The largest absolute Gasteiger partial charge is 0.486 e. The highest BCUT2D eigenvalue weighted by Gasteiger charge is 2.15. The average Bonchev–Trinajstić information content (AvgIpc) is 3.28. The summed E-state index contributed by atoms with van der Waals surface area (Å²) in [4.78, 5) is 28.8. The fourth-order valence-electron chi connectivity index (χ4n) is 6.42. The summed E-state index contributed by atoms with van der Waals surface area (Å²) in [6, 6.07) is 33.7. The Bertz CT molecular complexity index is 3070. The van der Waals surface area contributed by atoms with E-state index in [0.717, 1.165) is 33.4 Å². The number of rotatable bonds is 11. The van der Waals surface area contributed by atoms with E-state index in [1.54, 1.807) is 42.9 Å². The zero-order valence-electron chi connectivity index (χ0n) is 34.6. The molecule has 1 amide bonds. The summed E-state index contributed by atoms with van der Waals surface area (Å²) in [6.07, 6.45) is 6.49. The summed E-state index contributed by atoms with van der Waals surface area (Å²) in [5.41, 5.74) is 15.6. The highest BCUT2D eigenvalue weighted by atomic mass is 35.5. The molecule has 0 bridgehead atoms. The Labute approximate surface area is 385 Å². The summed E-state index contributed by atoms with van der Waals surface area (Å²) in [6.45, 7) is 5.88. The second-order valence-corrected chi connectivity index (χ2v) is 15.0. The number of anilines is 6. The number of hydrogen-bond acceptors (Lipinski definition) is 12. The van der Waals surface area contributed by atoms with E-state index < -0.39 is 0 Å². The first-order chi connectivity index (χ1) is 30.5. The van der Waals surface area contributed by atoms with Crippen molar-refractivity contribution in [2.45, 2.75) is 34.0 Å². The van der Waals surface area contributed by atoms with Crippen molar-refractivity contribution in [1.29, 1.82) is 10.5 Å². The first-order valence-electron chi connectivity index (χ1n) is 19.4. The zero-order chi connectivity index (χ0) is 44.5. The molecule has 13 nitrogen and oxygen atoms in total. The quantitative estimate of drug-likeness (QED) is 0.0898. The number of amides is 1. The lowest BCUT2D eigenvalue weighted by atomic mass is 10.1. The van der Waals surface area contributed by atoms with Gasteiger partial charge in [0.05, 0.1) is 55.0 Å². The Morgan fingerprint density at radius 1 is 0.672 bits per heavy atom. The molecule has 0 unspecified atom stereocenters. The third kappa shape index (κ3) is 11.0. The molecule has 0 fully saturated rings. The smallest absolute Gasteiger partial charge is 0.221 e. The molecule has 0 aliphatic heterocycles. The number of carbonyl (C=O) groups is 1. The molecule has 0 radical (unpaired) electrons. The maximum absolute atomic E-state index is 11.6. The van der Waals surface area contributed by atoms with Crippen molar-refractivity contribution in [3.63, 3.8) is 0 Å². The number of fused-ring (bicyclic) bond motifs is 2. The number of hydrogen-bond donors (Lipinski definition) is 4. The molecule has 64 heavy (non-hydrogen) atoms. The van der Waals surface area contributed by atoms with Crippen LogP contribution < -0.4 is 31.2 Å². The number of nitrogens with zero attached hydrogens (tertiary/aromatic N) is 6. The van der Waals surface area contributed by atoms with E-state index in [2.05, 4.69) is 48.0 Å². The molecule has 4 aromatic carbocycles. The minimum absolute atomic E-state index is 0. The van der Waals surface area contributed by atoms with Crippen LogP contribution in [-0.4, -0.2) is 25.8 Å². The highest BCUT2D eigenvalue weighted by Crippen LogP contribution is 2.37. The number of pyridine rings is 4. The number of nitriles is 2. The normalized spacial score (nSPS) is 10.4. The SMILES string of the molecule is CC(=O)Nc1cc2c(Nc3ccc(OCc4ccccn4)c(Cl)c3)c(C#N)cnc2cc1C.Cc1cc2ncc(C#N)c(Nc3ccc(OCc4ccccn4)c(Cl)c3)c2cc1N.Cl. The zero-order valence-corrected chi connectivity index (χ0v) is 36.9. The molecule has 0 aliphatic carbocycles. The van der Waals surface area contributed by atoms with Crippen LogP contribution in [0.2, 0.25) is 10.0 Å². The Balaban J connectivity index is 0.000000210. The van der Waals surface area contributed by atoms with Crippen molar-refractivity contribution < 1.29 is 14.3 Å². The van der Waals surface area contributed by atoms with Crippen molar-refractivity contribution in [1.82, 2.24) is 19.9 Å². The van der Waals surface area contributed by atoms with Crippen LogP contribution in [0.25, 0.3) is 21.8 Å². The van der Waals surface area contributed by atoms with Gasteiger partial charge in [-0.05, 0) is 110 Å². The molecular weight excluding hydrogens is 871 g/mol. The Morgan fingerprint density at radius 3 is 1.59 bits per heavy atom. The second kappa shape index (κ2) is 20.9. The van der Waals surface area contributed by atoms with Gasteiger partial charge in [-0.1, -0.05) is 35.3 Å². The van der Waals surface area contributed by atoms with Crippen LogP contribution in [-0.2, 0) is 18.0 Å². The molecule has 0 aliphatic rings. The van der Waals surface area contributed by atoms with Gasteiger partial charge in [0.2, 0.25) is 5.91 Å². The van der Waals surface area contributed by atoms with Gasteiger partial charge in [-0.3, -0.25) is 24.7 Å². The van der Waals surface area contributed by atoms with Crippen LogP contribution in [0.5, 0.6) is 11.5 Å². The van der Waals surface area contributed by atoms with Gasteiger partial charge in [0.15, 0.2) is 0 Å². The fraction of sp³-hybridized carbons (Fsp3) is 0.104. The summed E-state index contributed by atoms with van der Waals surface area (Å²) in [5.74, 6) is 0.897. The van der Waals surface area contributed by atoms with Crippen molar-refractivity contribution >= 4 is 97.4 Å². The lowest BCUT2D eigenvalue weighted by molar-refractivity contribution is -0.114. The maximum Gasteiger partial charge on any atom is 0.221 e. The fourth-order valence-corrected chi connectivity index (χ4v) is 6.89. The molecule has 0 spiro atoms. The second-order valence-electron chi connectivity index (χ2n) is 14.2. The number of carbonyl (C=O) groups excluding carboxylic acids is 1. The van der Waals surface area contributed by atoms with Crippen molar-refractivity contribution in [2.75, 3.05) is 21.7 Å². The van der Waals surface area contributed by atoms with Gasteiger partial charge < -0.3 is 31.2 Å². The highest BCUT2D eigenvalue weighted by molar-refractivity contribution is 6.32. The van der Waals surface area contributed by atoms with E-state index in [4.69, 9.17) is 38.4 Å². The Hall–Kier alpha value is -7.68. The topological polar surface area (TPSA) is 197 Å². The molecule has 5 N–H and O–H groups in total. The number of nitrogens with two attached hydrogens (primary N) is 1. The van der Waals surface area contributed by atoms with Crippen LogP contribution in [0.4, 0.5) is 34.1 Å². The van der Waals surface area contributed by atoms with Gasteiger partial charge in [0.25, 0.3) is 0 Å². The summed E-state index contributed by atoms with van der Waals surface area (Å²) >= 11 is 12.9. The first-order valence-corrected chi connectivity index (χ1v) is 20.1. The minimum Gasteiger partial charge on any atom is -0.486 e. The Kier molecular flexibility index (Phi) is 15.0. The lowest BCUT2D eigenvalue weighted by Gasteiger charge is -2.15. The van der Waals surface area contributed by atoms with E-state index in [0.29, 0.717) is 90.9 Å². The molecule has 320 valence electrons. The van der Waals surface area contributed by atoms with Gasteiger partial charge in [0.1, 0.15) is 36.9 Å². The van der Waals surface area contributed by atoms with Crippen LogP contribution in [0.3, 0.4) is 0 Å². The number of aromatic nitrogens is 4. The minimum atomic E-state index is -0.176. The summed E-state index contributed by atoms with van der Waals surface area (Å²) in [7, 11) is 0. The van der Waals surface area contributed by atoms with Gasteiger partial charge in [0, 0.05) is 65.2 Å². The standard InChI is InChI=1S/C25H20ClN5O2.C23H18ClN5O.ClH/c1-15-9-23-20(11-22(15)30-16(2)32)25(17(12-27)13-29-23)31-18-6-7-24(21(26)10-18)33-14-19-5-3-4-8-28-19;1-14-8-21-18(10-20(14)26)23(15(11-25)12-28-21)29-16-5-6-22(19(24)9-16)30-13-17-4-2-3-7-27-17;/h3-11,13H,14H2,1-2H3,(H,29,31)(H,30,32);2-10,12H,13,26H2,1H3,(H,28,29);1H. The van der Waals surface area contributed by atoms with E-state index in [1.165, 1.54) is 13.1 Å². The predicted molar refractivity (Wildman–Crippen MR) is 255 cm³/mol. The predicted octanol–water partition coefficient (Wildman–Crippen LogP) is 11.5. The molecular formula is C48H39Cl3N10O3. The summed E-state index contributed by atoms with van der Waals surface area (Å²) < 4.78 is 11.6. The number of nitrogen functional groups attached to an aromatic ring is 1. The van der Waals surface area contributed by atoms with Crippen molar-refractivity contribution in [3.8, 4) is 23.6 Å². The third-order valence-corrected chi connectivity index (χ3v) is 10.2. The molecule has 16 heteroatoms. The number of ether oxygens (including phenoxy) is 2. The lowest BCUT2D eigenvalue weighted by Crippen LogP contribution is -2.07. The number of nitrogens with one attached hydrogen (secondary N) is 3. The van der Waals surface area contributed by atoms with Crippen LogP contribution in [0, 0.1) is 36.5 Å². The molecule has 0 saturated heterocycles. The monoisotopic (exact) mass is 908 g/mol. The van der Waals surface area contributed by atoms with Gasteiger partial charge in [-0.25, -0.2) is 0 Å². The molecule has 0 saturated carbocycles. The van der Waals surface area contributed by atoms with Crippen LogP contribution >= 0.6 is 35.6 Å². The molecule has 0 atom stereocenters. The molecule has 4 aromatic heterocycles. The van der Waals surface area contributed by atoms with E-state index in [-0.39, 0.29) is 18.3 Å². The maximum atomic E-state index is 11.6. The molecule has 8 rings (SSSR count). The van der Waals surface area contributed by atoms with E-state index in [9.17, 15) is 15.3 Å². The third-order valence-electron chi connectivity index (χ3n) is 9.63. The number of halogens is 3. The Morgan fingerprint density at radius 2 is 1.16 bits per heavy atom.